The minimum Gasteiger partial charge on any atom is -0.326 e. The molecule has 11 heavy (non-hydrogen) atoms. The summed E-state index contributed by atoms with van der Waals surface area (Å²) in [5.41, 5.74) is 6.89. The molecular weight excluding hydrogens is 142 g/mol. The average Bonchev–Trinajstić information content (AvgIpc) is 1.97. The fraction of sp³-hybridized carbons (Fsp3) is 0.429. The average molecular weight is 153 g/mol. The number of nitrogens with zero attached hydrogens (tertiary/aromatic N) is 2. The van der Waals surface area contributed by atoms with Crippen molar-refractivity contribution in [1.29, 1.82) is 0 Å². The third kappa shape index (κ3) is 1.46. The predicted octanol–water partition coefficient (Wildman–Crippen LogP) is -0.453. The van der Waals surface area contributed by atoms with E-state index in [2.05, 4.69) is 5.10 Å². The van der Waals surface area contributed by atoms with Crippen LogP contribution in [0.3, 0.4) is 0 Å². The zero-order chi connectivity index (χ0) is 8.43. The minimum absolute atomic E-state index is 0.115. The SMILES string of the molecule is Cc1nn(C)c(=O)cc1CN. The van der Waals surface area contributed by atoms with Gasteiger partial charge < -0.3 is 5.73 Å². The first-order valence-corrected chi connectivity index (χ1v) is 3.39. The number of aryl methyl sites for hydroxylation is 2. The minimum atomic E-state index is -0.115. The van der Waals surface area contributed by atoms with Crippen LogP contribution in [-0.4, -0.2) is 9.78 Å². The van der Waals surface area contributed by atoms with Crippen LogP contribution >= 0.6 is 0 Å². The molecule has 1 aromatic heterocycles. The molecule has 0 fully saturated rings. The summed E-state index contributed by atoms with van der Waals surface area (Å²) in [5, 5.41) is 3.97. The lowest BCUT2D eigenvalue weighted by molar-refractivity contribution is 0.682. The number of hydrogen-bond acceptors (Lipinski definition) is 3. The summed E-state index contributed by atoms with van der Waals surface area (Å²) in [6, 6.07) is 1.52. The molecule has 4 nitrogen and oxygen atoms in total. The number of rotatable bonds is 1. The van der Waals surface area contributed by atoms with Gasteiger partial charge in [-0.1, -0.05) is 0 Å². The molecule has 2 N–H and O–H groups in total. The molecule has 0 bridgehead atoms. The van der Waals surface area contributed by atoms with E-state index in [9.17, 15) is 4.79 Å². The first-order chi connectivity index (χ1) is 5.15. The van der Waals surface area contributed by atoms with Crippen LogP contribution in [0, 0.1) is 6.92 Å². The van der Waals surface area contributed by atoms with Crippen molar-refractivity contribution in [2.75, 3.05) is 0 Å². The Balaban J connectivity index is 3.32. The highest BCUT2D eigenvalue weighted by Crippen LogP contribution is 1.97. The van der Waals surface area contributed by atoms with E-state index in [1.54, 1.807) is 7.05 Å². The Morgan fingerprint density at radius 3 is 2.91 bits per heavy atom. The van der Waals surface area contributed by atoms with Gasteiger partial charge in [0.1, 0.15) is 0 Å². The number of aromatic nitrogens is 2. The largest absolute Gasteiger partial charge is 0.326 e. The fourth-order valence-electron chi connectivity index (χ4n) is 0.892. The lowest BCUT2D eigenvalue weighted by atomic mass is 10.2. The smallest absolute Gasteiger partial charge is 0.266 e. The zero-order valence-corrected chi connectivity index (χ0v) is 6.66. The lowest BCUT2D eigenvalue weighted by Crippen LogP contribution is -2.21. The van der Waals surface area contributed by atoms with Crippen molar-refractivity contribution in [2.45, 2.75) is 13.5 Å². The molecule has 60 valence electrons. The van der Waals surface area contributed by atoms with E-state index in [-0.39, 0.29) is 5.56 Å². The van der Waals surface area contributed by atoms with Gasteiger partial charge in [-0.05, 0) is 12.5 Å². The second kappa shape index (κ2) is 2.84. The molecule has 0 unspecified atom stereocenters. The van der Waals surface area contributed by atoms with Crippen molar-refractivity contribution < 1.29 is 0 Å². The third-order valence-corrected chi connectivity index (χ3v) is 1.60. The van der Waals surface area contributed by atoms with E-state index in [1.165, 1.54) is 10.7 Å². The van der Waals surface area contributed by atoms with E-state index in [1.807, 2.05) is 6.92 Å². The van der Waals surface area contributed by atoms with Gasteiger partial charge in [0.2, 0.25) is 0 Å². The summed E-state index contributed by atoms with van der Waals surface area (Å²) in [6.45, 7) is 2.20. The van der Waals surface area contributed by atoms with E-state index < -0.39 is 0 Å². The van der Waals surface area contributed by atoms with Gasteiger partial charge in [0, 0.05) is 19.7 Å². The van der Waals surface area contributed by atoms with Crippen molar-refractivity contribution >= 4 is 0 Å². The Morgan fingerprint density at radius 1 is 1.73 bits per heavy atom. The molecule has 0 amide bonds. The van der Waals surface area contributed by atoms with E-state index in [0.29, 0.717) is 6.54 Å². The maximum atomic E-state index is 11.0. The van der Waals surface area contributed by atoms with E-state index in [0.717, 1.165) is 11.3 Å². The molecule has 0 spiro atoms. The van der Waals surface area contributed by atoms with Crippen molar-refractivity contribution in [2.24, 2.45) is 12.8 Å². The lowest BCUT2D eigenvalue weighted by Gasteiger charge is -2.02. The second-order valence-electron chi connectivity index (χ2n) is 2.42. The van der Waals surface area contributed by atoms with Crippen LogP contribution in [0.4, 0.5) is 0 Å². The molecule has 1 heterocycles. The Morgan fingerprint density at radius 2 is 2.36 bits per heavy atom. The fourth-order valence-corrected chi connectivity index (χ4v) is 0.892. The summed E-state index contributed by atoms with van der Waals surface area (Å²) in [4.78, 5) is 11.0. The Bertz CT molecular complexity index is 316. The van der Waals surface area contributed by atoms with Crippen LogP contribution in [0.25, 0.3) is 0 Å². The predicted molar refractivity (Wildman–Crippen MR) is 42.1 cm³/mol. The van der Waals surface area contributed by atoms with Gasteiger partial charge >= 0.3 is 0 Å². The normalized spacial score (nSPS) is 10.1. The number of hydrogen-bond donors (Lipinski definition) is 1. The Labute approximate surface area is 64.6 Å². The quantitative estimate of drug-likeness (QED) is 0.594. The molecule has 0 atom stereocenters. The summed E-state index contributed by atoms with van der Waals surface area (Å²) in [6.07, 6.45) is 0. The third-order valence-electron chi connectivity index (χ3n) is 1.60. The first kappa shape index (κ1) is 7.94. The van der Waals surface area contributed by atoms with Crippen LogP contribution in [0.2, 0.25) is 0 Å². The van der Waals surface area contributed by atoms with Gasteiger partial charge in [-0.2, -0.15) is 5.10 Å². The standard InChI is InChI=1S/C7H11N3O/c1-5-6(4-8)3-7(11)10(2)9-5/h3H,4,8H2,1-2H3. The highest BCUT2D eigenvalue weighted by molar-refractivity contribution is 5.15. The van der Waals surface area contributed by atoms with Gasteiger partial charge in [-0.3, -0.25) is 4.79 Å². The van der Waals surface area contributed by atoms with Crippen molar-refractivity contribution in [3.05, 3.63) is 27.7 Å². The zero-order valence-electron chi connectivity index (χ0n) is 6.66. The summed E-state index contributed by atoms with van der Waals surface area (Å²) in [5.74, 6) is 0. The maximum absolute atomic E-state index is 11.0. The van der Waals surface area contributed by atoms with Gasteiger partial charge in [0.05, 0.1) is 5.69 Å². The van der Waals surface area contributed by atoms with Crippen molar-refractivity contribution in [1.82, 2.24) is 9.78 Å². The Hall–Kier alpha value is -1.16. The monoisotopic (exact) mass is 153 g/mol. The maximum Gasteiger partial charge on any atom is 0.266 e. The second-order valence-corrected chi connectivity index (χ2v) is 2.42. The van der Waals surface area contributed by atoms with E-state index >= 15 is 0 Å². The van der Waals surface area contributed by atoms with Gasteiger partial charge in [0.25, 0.3) is 5.56 Å². The highest BCUT2D eigenvalue weighted by atomic mass is 16.1. The van der Waals surface area contributed by atoms with Gasteiger partial charge in [0.15, 0.2) is 0 Å². The summed E-state index contributed by atoms with van der Waals surface area (Å²) < 4.78 is 1.30. The summed E-state index contributed by atoms with van der Waals surface area (Å²) in [7, 11) is 1.62. The van der Waals surface area contributed by atoms with Crippen LogP contribution in [0.1, 0.15) is 11.3 Å². The molecule has 1 aromatic rings. The molecule has 1 rings (SSSR count). The Kier molecular flexibility index (Phi) is 2.05. The van der Waals surface area contributed by atoms with Crippen LogP contribution in [0.5, 0.6) is 0 Å². The van der Waals surface area contributed by atoms with Crippen molar-refractivity contribution in [3.63, 3.8) is 0 Å². The molecule has 0 saturated carbocycles. The number of nitrogens with two attached hydrogens (primary N) is 1. The molecule has 4 heteroatoms. The van der Waals surface area contributed by atoms with Gasteiger partial charge in [-0.25, -0.2) is 4.68 Å². The molecule has 0 aliphatic carbocycles. The topological polar surface area (TPSA) is 60.9 Å². The van der Waals surface area contributed by atoms with Crippen LogP contribution in [0.15, 0.2) is 10.9 Å². The van der Waals surface area contributed by atoms with Crippen molar-refractivity contribution in [3.8, 4) is 0 Å². The molecule has 0 aliphatic heterocycles. The van der Waals surface area contributed by atoms with Crippen LogP contribution in [-0.2, 0) is 13.6 Å². The molecular formula is C7H11N3O. The molecule has 0 aromatic carbocycles. The molecule has 0 radical (unpaired) electrons. The molecule has 0 aliphatic rings. The molecule has 0 saturated heterocycles. The first-order valence-electron chi connectivity index (χ1n) is 3.39. The van der Waals surface area contributed by atoms with Crippen LogP contribution < -0.4 is 11.3 Å². The van der Waals surface area contributed by atoms with Gasteiger partial charge in [-0.15, -0.1) is 0 Å². The summed E-state index contributed by atoms with van der Waals surface area (Å²) >= 11 is 0. The highest BCUT2D eigenvalue weighted by Gasteiger charge is 1.99. The van der Waals surface area contributed by atoms with E-state index in [4.69, 9.17) is 5.73 Å².